The van der Waals surface area contributed by atoms with E-state index in [9.17, 15) is 22.4 Å². The first-order valence-corrected chi connectivity index (χ1v) is 6.17. The third-order valence-corrected chi connectivity index (χ3v) is 3.18. The summed E-state index contributed by atoms with van der Waals surface area (Å²) >= 11 is 0. The van der Waals surface area contributed by atoms with E-state index < -0.39 is 18.5 Å². The summed E-state index contributed by atoms with van der Waals surface area (Å²) in [6.07, 6.45) is -3.65. The first-order chi connectivity index (χ1) is 9.37. The van der Waals surface area contributed by atoms with E-state index in [1.807, 2.05) is 0 Å². The van der Waals surface area contributed by atoms with Crippen LogP contribution < -0.4 is 4.90 Å². The number of anilines is 1. The van der Waals surface area contributed by atoms with E-state index >= 15 is 0 Å². The lowest BCUT2D eigenvalue weighted by molar-refractivity contribution is -0.146. The Morgan fingerprint density at radius 3 is 2.30 bits per heavy atom. The SMILES string of the molecule is O=Cc1cc(F)cc(N2CCN(CC(F)(F)F)CC2)c1. The molecule has 110 valence electrons. The molecule has 0 unspecified atom stereocenters. The Morgan fingerprint density at radius 1 is 1.10 bits per heavy atom. The Balaban J connectivity index is 2.00. The summed E-state index contributed by atoms with van der Waals surface area (Å²) in [4.78, 5) is 13.8. The van der Waals surface area contributed by atoms with Crippen LogP contribution in [0.5, 0.6) is 0 Å². The van der Waals surface area contributed by atoms with E-state index in [0.29, 0.717) is 25.1 Å². The maximum absolute atomic E-state index is 13.3. The lowest BCUT2D eigenvalue weighted by Gasteiger charge is -2.36. The summed E-state index contributed by atoms with van der Waals surface area (Å²) in [7, 11) is 0. The molecule has 0 N–H and O–H groups in total. The van der Waals surface area contributed by atoms with Gasteiger partial charge in [0.05, 0.1) is 6.54 Å². The summed E-state index contributed by atoms with van der Waals surface area (Å²) in [5.41, 5.74) is 0.747. The van der Waals surface area contributed by atoms with E-state index in [0.717, 1.165) is 6.07 Å². The van der Waals surface area contributed by atoms with Crippen molar-refractivity contribution in [1.29, 1.82) is 0 Å². The van der Waals surface area contributed by atoms with Gasteiger partial charge in [-0.05, 0) is 18.2 Å². The van der Waals surface area contributed by atoms with Gasteiger partial charge in [0.2, 0.25) is 0 Å². The number of hydrogen-bond donors (Lipinski definition) is 0. The molecule has 20 heavy (non-hydrogen) atoms. The second kappa shape index (κ2) is 5.78. The highest BCUT2D eigenvalue weighted by Gasteiger charge is 2.32. The van der Waals surface area contributed by atoms with Crippen molar-refractivity contribution in [2.24, 2.45) is 0 Å². The van der Waals surface area contributed by atoms with Gasteiger partial charge in [0, 0.05) is 37.4 Å². The van der Waals surface area contributed by atoms with Crippen LogP contribution in [0.15, 0.2) is 18.2 Å². The molecular formula is C13H14F4N2O. The number of nitrogens with zero attached hydrogens (tertiary/aromatic N) is 2. The zero-order chi connectivity index (χ0) is 14.8. The Labute approximate surface area is 113 Å². The predicted octanol–water partition coefficient (Wildman–Crippen LogP) is 2.32. The van der Waals surface area contributed by atoms with E-state index in [4.69, 9.17) is 0 Å². The lowest BCUT2D eigenvalue weighted by Crippen LogP contribution is -2.49. The number of halogens is 4. The fraction of sp³-hybridized carbons (Fsp3) is 0.462. The molecule has 1 saturated heterocycles. The van der Waals surface area contributed by atoms with Crippen molar-refractivity contribution in [2.45, 2.75) is 6.18 Å². The number of carbonyl (C=O) groups excluding carboxylic acids is 1. The molecule has 1 aromatic carbocycles. The van der Waals surface area contributed by atoms with Crippen LogP contribution in [0.4, 0.5) is 23.2 Å². The monoisotopic (exact) mass is 290 g/mol. The molecule has 0 bridgehead atoms. The topological polar surface area (TPSA) is 23.6 Å². The van der Waals surface area contributed by atoms with Gasteiger partial charge in [-0.25, -0.2) is 4.39 Å². The van der Waals surface area contributed by atoms with Gasteiger partial charge in [-0.15, -0.1) is 0 Å². The highest BCUT2D eigenvalue weighted by atomic mass is 19.4. The van der Waals surface area contributed by atoms with Crippen molar-refractivity contribution in [3.05, 3.63) is 29.6 Å². The van der Waals surface area contributed by atoms with Crippen LogP contribution in [0.2, 0.25) is 0 Å². The Kier molecular flexibility index (Phi) is 4.27. The van der Waals surface area contributed by atoms with Crippen LogP contribution in [0.3, 0.4) is 0 Å². The molecule has 1 aliphatic rings. The number of benzene rings is 1. The number of aldehydes is 1. The van der Waals surface area contributed by atoms with Gasteiger partial charge in [-0.1, -0.05) is 0 Å². The van der Waals surface area contributed by atoms with Gasteiger partial charge in [0.15, 0.2) is 0 Å². The minimum absolute atomic E-state index is 0.220. The van der Waals surface area contributed by atoms with Crippen LogP contribution in [0.25, 0.3) is 0 Å². The number of piperazine rings is 1. The maximum atomic E-state index is 13.3. The minimum atomic E-state index is -4.20. The first-order valence-electron chi connectivity index (χ1n) is 6.17. The molecule has 1 heterocycles. The quantitative estimate of drug-likeness (QED) is 0.630. The summed E-state index contributed by atoms with van der Waals surface area (Å²) in [5.74, 6) is -0.526. The minimum Gasteiger partial charge on any atom is -0.369 e. The van der Waals surface area contributed by atoms with Gasteiger partial charge in [-0.3, -0.25) is 9.69 Å². The van der Waals surface area contributed by atoms with Gasteiger partial charge in [0.1, 0.15) is 12.1 Å². The van der Waals surface area contributed by atoms with E-state index in [-0.39, 0.29) is 18.7 Å². The zero-order valence-corrected chi connectivity index (χ0v) is 10.7. The third kappa shape index (κ3) is 3.93. The standard InChI is InChI=1S/C13H14F4N2O/c14-11-5-10(8-20)6-12(7-11)19-3-1-18(2-4-19)9-13(15,16)17/h5-8H,1-4,9H2. The van der Waals surface area contributed by atoms with Crippen molar-refractivity contribution in [3.8, 4) is 0 Å². The van der Waals surface area contributed by atoms with Crippen LogP contribution in [-0.4, -0.2) is 50.1 Å². The van der Waals surface area contributed by atoms with Gasteiger partial charge < -0.3 is 4.90 Å². The summed E-state index contributed by atoms with van der Waals surface area (Å²) < 4.78 is 50.1. The molecule has 1 aliphatic heterocycles. The normalized spacial score (nSPS) is 17.3. The molecule has 3 nitrogen and oxygen atoms in total. The average Bonchev–Trinajstić information content (AvgIpc) is 2.37. The van der Waals surface area contributed by atoms with Crippen LogP contribution >= 0.6 is 0 Å². The molecule has 0 aliphatic carbocycles. The molecule has 2 rings (SSSR count). The molecule has 0 aromatic heterocycles. The second-order valence-corrected chi connectivity index (χ2v) is 4.74. The molecule has 1 aromatic rings. The van der Waals surface area contributed by atoms with Crippen molar-refractivity contribution in [2.75, 3.05) is 37.6 Å². The van der Waals surface area contributed by atoms with Crippen LogP contribution in [0.1, 0.15) is 10.4 Å². The van der Waals surface area contributed by atoms with Crippen LogP contribution in [0, 0.1) is 5.82 Å². The van der Waals surface area contributed by atoms with E-state index in [2.05, 4.69) is 0 Å². The summed E-state index contributed by atoms with van der Waals surface area (Å²) in [6, 6.07) is 3.94. The fourth-order valence-electron chi connectivity index (χ4n) is 2.26. The van der Waals surface area contributed by atoms with Gasteiger partial charge in [-0.2, -0.15) is 13.2 Å². The number of alkyl halides is 3. The second-order valence-electron chi connectivity index (χ2n) is 4.74. The molecule has 1 fully saturated rings. The summed E-state index contributed by atoms with van der Waals surface area (Å²) in [5, 5.41) is 0. The largest absolute Gasteiger partial charge is 0.401 e. The Morgan fingerprint density at radius 2 is 1.75 bits per heavy atom. The van der Waals surface area contributed by atoms with Gasteiger partial charge >= 0.3 is 6.18 Å². The van der Waals surface area contributed by atoms with Crippen molar-refractivity contribution in [3.63, 3.8) is 0 Å². The lowest BCUT2D eigenvalue weighted by atomic mass is 10.1. The molecule has 0 atom stereocenters. The zero-order valence-electron chi connectivity index (χ0n) is 10.7. The molecule has 0 spiro atoms. The van der Waals surface area contributed by atoms with Gasteiger partial charge in [0.25, 0.3) is 0 Å². The average molecular weight is 290 g/mol. The molecule has 0 saturated carbocycles. The van der Waals surface area contributed by atoms with E-state index in [1.54, 1.807) is 4.90 Å². The molecule has 7 heteroatoms. The summed E-state index contributed by atoms with van der Waals surface area (Å²) in [6.45, 7) is 0.331. The Hall–Kier alpha value is -1.63. The predicted molar refractivity (Wildman–Crippen MR) is 66.5 cm³/mol. The Bertz CT molecular complexity index is 482. The number of rotatable bonds is 3. The van der Waals surface area contributed by atoms with Crippen molar-refractivity contribution in [1.82, 2.24) is 4.90 Å². The molecular weight excluding hydrogens is 276 g/mol. The first kappa shape index (κ1) is 14.8. The molecule has 0 radical (unpaired) electrons. The number of carbonyl (C=O) groups is 1. The molecule has 0 amide bonds. The maximum Gasteiger partial charge on any atom is 0.401 e. The number of hydrogen-bond acceptors (Lipinski definition) is 3. The van der Waals surface area contributed by atoms with Crippen LogP contribution in [-0.2, 0) is 0 Å². The third-order valence-electron chi connectivity index (χ3n) is 3.18. The van der Waals surface area contributed by atoms with E-state index in [1.165, 1.54) is 17.0 Å². The van der Waals surface area contributed by atoms with Crippen molar-refractivity contribution < 1.29 is 22.4 Å². The van der Waals surface area contributed by atoms with Crippen molar-refractivity contribution >= 4 is 12.0 Å². The highest BCUT2D eigenvalue weighted by molar-refractivity contribution is 5.77. The highest BCUT2D eigenvalue weighted by Crippen LogP contribution is 2.22. The smallest absolute Gasteiger partial charge is 0.369 e. The fourth-order valence-corrected chi connectivity index (χ4v) is 2.26.